The van der Waals surface area contributed by atoms with Gasteiger partial charge < -0.3 is 15.1 Å². The van der Waals surface area contributed by atoms with Gasteiger partial charge >= 0.3 is 0 Å². The summed E-state index contributed by atoms with van der Waals surface area (Å²) in [6.45, 7) is 1.91. The molecule has 1 unspecified atom stereocenters. The lowest BCUT2D eigenvalue weighted by Gasteiger charge is -2.26. The van der Waals surface area contributed by atoms with Crippen molar-refractivity contribution < 1.29 is 10.2 Å². The molecule has 0 radical (unpaired) electrons. The van der Waals surface area contributed by atoms with E-state index in [0.717, 1.165) is 16.6 Å². The fourth-order valence-corrected chi connectivity index (χ4v) is 1.92. The van der Waals surface area contributed by atoms with Crippen molar-refractivity contribution in [3.63, 3.8) is 0 Å². The minimum atomic E-state index is -0.0841. The number of hydrogen-bond acceptors (Lipinski definition) is 4. The summed E-state index contributed by atoms with van der Waals surface area (Å²) in [4.78, 5) is 6.39. The third kappa shape index (κ3) is 2.30. The zero-order chi connectivity index (χ0) is 13.1. The molecule has 4 nitrogen and oxygen atoms in total. The van der Waals surface area contributed by atoms with Gasteiger partial charge in [0.1, 0.15) is 5.82 Å². The van der Waals surface area contributed by atoms with E-state index in [0.29, 0.717) is 5.69 Å². The molecule has 0 aliphatic rings. The van der Waals surface area contributed by atoms with E-state index in [-0.39, 0.29) is 19.3 Å². The summed E-state index contributed by atoms with van der Waals surface area (Å²) >= 11 is 0. The minimum Gasteiger partial charge on any atom is -0.394 e. The largest absolute Gasteiger partial charge is 0.394 e. The minimum absolute atomic E-state index is 0.0187. The molecule has 0 aliphatic heterocycles. The molecule has 0 saturated carbocycles. The van der Waals surface area contributed by atoms with Crippen LogP contribution in [0.4, 0.5) is 5.82 Å². The molecule has 96 valence electrons. The number of aliphatic hydroxyl groups is 2. The van der Waals surface area contributed by atoms with Crippen LogP contribution in [0.5, 0.6) is 0 Å². The summed E-state index contributed by atoms with van der Waals surface area (Å²) in [6.07, 6.45) is 0. The van der Waals surface area contributed by atoms with Crippen molar-refractivity contribution in [1.82, 2.24) is 4.98 Å². The average molecular weight is 246 g/mol. The predicted octanol–water partition coefficient (Wildman–Crippen LogP) is 1.54. The maximum atomic E-state index is 9.27. The number of nitrogens with zero attached hydrogens (tertiary/aromatic N) is 2. The number of pyridine rings is 1. The number of fused-ring (bicyclic) bond motifs is 1. The van der Waals surface area contributed by atoms with Crippen molar-refractivity contribution >= 4 is 16.6 Å². The highest BCUT2D eigenvalue weighted by Gasteiger charge is 2.14. The first-order valence-corrected chi connectivity index (χ1v) is 6.00. The summed E-state index contributed by atoms with van der Waals surface area (Å²) in [6, 6.07) is 9.79. The molecule has 0 fully saturated rings. The van der Waals surface area contributed by atoms with Crippen LogP contribution in [-0.4, -0.2) is 34.9 Å². The second-order valence-electron chi connectivity index (χ2n) is 4.46. The van der Waals surface area contributed by atoms with Gasteiger partial charge in [-0.1, -0.05) is 24.3 Å². The Morgan fingerprint density at radius 2 is 2.00 bits per heavy atom. The number of likely N-dealkylation sites (N-methyl/N-ethyl adjacent to an activating group) is 1. The Morgan fingerprint density at radius 3 is 2.67 bits per heavy atom. The summed E-state index contributed by atoms with van der Waals surface area (Å²) < 4.78 is 0. The fraction of sp³-hybridized carbons (Fsp3) is 0.357. The SMILES string of the molecule is CC(CO)N(C)c1nc(CO)cc2ccccc12. The van der Waals surface area contributed by atoms with Gasteiger partial charge in [-0.05, 0) is 18.4 Å². The van der Waals surface area contributed by atoms with E-state index in [1.54, 1.807) is 0 Å². The quantitative estimate of drug-likeness (QED) is 0.859. The van der Waals surface area contributed by atoms with Crippen molar-refractivity contribution in [3.05, 3.63) is 36.0 Å². The molecule has 0 amide bonds. The molecule has 0 saturated heterocycles. The van der Waals surface area contributed by atoms with E-state index in [1.165, 1.54) is 0 Å². The Morgan fingerprint density at radius 1 is 1.28 bits per heavy atom. The highest BCUT2D eigenvalue weighted by Crippen LogP contribution is 2.26. The summed E-state index contributed by atoms with van der Waals surface area (Å²) in [5, 5.41) is 20.6. The number of aliphatic hydroxyl groups excluding tert-OH is 2. The van der Waals surface area contributed by atoms with Crippen LogP contribution < -0.4 is 4.90 Å². The van der Waals surface area contributed by atoms with Crippen LogP contribution in [0.15, 0.2) is 30.3 Å². The van der Waals surface area contributed by atoms with Crippen LogP contribution in [0.3, 0.4) is 0 Å². The summed E-state index contributed by atoms with van der Waals surface area (Å²) in [7, 11) is 1.90. The van der Waals surface area contributed by atoms with Crippen LogP contribution in [0.25, 0.3) is 10.8 Å². The topological polar surface area (TPSA) is 56.6 Å². The van der Waals surface area contributed by atoms with Gasteiger partial charge in [0.25, 0.3) is 0 Å². The van der Waals surface area contributed by atoms with Gasteiger partial charge in [-0.2, -0.15) is 0 Å². The van der Waals surface area contributed by atoms with E-state index >= 15 is 0 Å². The molecule has 0 spiro atoms. The maximum Gasteiger partial charge on any atom is 0.136 e. The smallest absolute Gasteiger partial charge is 0.136 e. The lowest BCUT2D eigenvalue weighted by molar-refractivity contribution is 0.269. The van der Waals surface area contributed by atoms with Crippen molar-refractivity contribution in [2.24, 2.45) is 0 Å². The molecule has 1 heterocycles. The fourth-order valence-electron chi connectivity index (χ4n) is 1.92. The first-order chi connectivity index (χ1) is 8.67. The van der Waals surface area contributed by atoms with Gasteiger partial charge in [0.05, 0.1) is 24.9 Å². The van der Waals surface area contributed by atoms with E-state index in [9.17, 15) is 10.2 Å². The van der Waals surface area contributed by atoms with Gasteiger partial charge in [-0.3, -0.25) is 0 Å². The average Bonchev–Trinajstić information content (AvgIpc) is 2.44. The van der Waals surface area contributed by atoms with Crippen LogP contribution in [0, 0.1) is 0 Å². The van der Waals surface area contributed by atoms with E-state index in [2.05, 4.69) is 4.98 Å². The molecule has 2 N–H and O–H groups in total. The van der Waals surface area contributed by atoms with Gasteiger partial charge in [0.2, 0.25) is 0 Å². The predicted molar refractivity (Wildman–Crippen MR) is 72.6 cm³/mol. The van der Waals surface area contributed by atoms with Crippen LogP contribution >= 0.6 is 0 Å². The third-order valence-corrected chi connectivity index (χ3v) is 3.19. The molecular weight excluding hydrogens is 228 g/mol. The Bertz CT molecular complexity index is 542. The van der Waals surface area contributed by atoms with Crippen molar-refractivity contribution in [2.75, 3.05) is 18.6 Å². The molecule has 2 aromatic rings. The number of benzene rings is 1. The van der Waals surface area contributed by atoms with Crippen LogP contribution in [0.1, 0.15) is 12.6 Å². The zero-order valence-electron chi connectivity index (χ0n) is 10.7. The number of anilines is 1. The highest BCUT2D eigenvalue weighted by atomic mass is 16.3. The summed E-state index contributed by atoms with van der Waals surface area (Å²) in [5.41, 5.74) is 0.640. The highest BCUT2D eigenvalue weighted by molar-refractivity contribution is 5.92. The monoisotopic (exact) mass is 246 g/mol. The number of hydrogen-bond donors (Lipinski definition) is 2. The first kappa shape index (κ1) is 12.8. The van der Waals surface area contributed by atoms with E-state index in [4.69, 9.17) is 0 Å². The second kappa shape index (κ2) is 5.33. The molecule has 2 rings (SSSR count). The van der Waals surface area contributed by atoms with Gasteiger partial charge in [0, 0.05) is 12.4 Å². The molecule has 1 aromatic heterocycles. The van der Waals surface area contributed by atoms with Crippen molar-refractivity contribution in [3.8, 4) is 0 Å². The maximum absolute atomic E-state index is 9.27. The molecule has 0 aliphatic carbocycles. The molecule has 0 bridgehead atoms. The van der Waals surface area contributed by atoms with Gasteiger partial charge in [0.15, 0.2) is 0 Å². The van der Waals surface area contributed by atoms with Gasteiger partial charge in [-0.25, -0.2) is 4.98 Å². The second-order valence-corrected chi connectivity index (χ2v) is 4.46. The molecule has 1 aromatic carbocycles. The Balaban J connectivity index is 2.60. The standard InChI is InChI=1S/C14H18N2O2/c1-10(8-17)16(2)14-13-6-4-3-5-11(13)7-12(9-18)15-14/h3-7,10,17-18H,8-9H2,1-2H3. The third-order valence-electron chi connectivity index (χ3n) is 3.19. The summed E-state index contributed by atoms with van der Waals surface area (Å²) in [5.74, 6) is 0.790. The molecular formula is C14H18N2O2. The number of aromatic nitrogens is 1. The zero-order valence-corrected chi connectivity index (χ0v) is 10.7. The van der Waals surface area contributed by atoms with Crippen LogP contribution in [-0.2, 0) is 6.61 Å². The molecule has 1 atom stereocenters. The first-order valence-electron chi connectivity index (χ1n) is 6.00. The van der Waals surface area contributed by atoms with Gasteiger partial charge in [-0.15, -0.1) is 0 Å². The number of rotatable bonds is 4. The van der Waals surface area contributed by atoms with Crippen LogP contribution in [0.2, 0.25) is 0 Å². The van der Waals surface area contributed by atoms with E-state index in [1.807, 2.05) is 49.2 Å². The lowest BCUT2D eigenvalue weighted by Crippen LogP contribution is -2.32. The van der Waals surface area contributed by atoms with Crippen molar-refractivity contribution in [1.29, 1.82) is 0 Å². The van der Waals surface area contributed by atoms with Crippen molar-refractivity contribution in [2.45, 2.75) is 19.6 Å². The Kier molecular flexibility index (Phi) is 3.79. The normalized spacial score (nSPS) is 12.7. The molecule has 18 heavy (non-hydrogen) atoms. The van der Waals surface area contributed by atoms with E-state index < -0.39 is 0 Å². The Hall–Kier alpha value is -1.65. The lowest BCUT2D eigenvalue weighted by atomic mass is 10.1. The molecule has 4 heteroatoms. The Labute approximate surface area is 107 Å².